The predicted molar refractivity (Wildman–Crippen MR) is 49.6 cm³/mol. The molecule has 0 fully saturated rings. The molecule has 80 valence electrons. The van der Waals surface area contributed by atoms with Crippen LogP contribution in [0.5, 0.6) is 0 Å². The lowest BCUT2D eigenvalue weighted by Crippen LogP contribution is -2.05. The number of hydrogen-bond acceptors (Lipinski definition) is 2. The van der Waals surface area contributed by atoms with E-state index in [1.807, 2.05) is 0 Å². The zero-order chi connectivity index (χ0) is 11.2. The summed E-state index contributed by atoms with van der Waals surface area (Å²) in [4.78, 5) is 3.46. The average molecular weight is 256 g/mol. The van der Waals surface area contributed by atoms with Crippen molar-refractivity contribution in [2.75, 3.05) is 0 Å². The molecule has 0 saturated carbocycles. The zero-order valence-corrected chi connectivity index (χ0v) is 8.47. The van der Waals surface area contributed by atoms with E-state index in [1.165, 1.54) is 0 Å². The summed E-state index contributed by atoms with van der Waals surface area (Å²) in [6.45, 7) is 0. The van der Waals surface area contributed by atoms with Gasteiger partial charge in [0.25, 0.3) is 0 Å². The molecule has 1 heterocycles. The first-order valence-electron chi connectivity index (χ1n) is 3.71. The molecule has 0 saturated heterocycles. The summed E-state index contributed by atoms with van der Waals surface area (Å²) in [5.74, 6) is -0.748. The predicted octanol–water partition coefficient (Wildman–Crippen LogP) is 4.11. The van der Waals surface area contributed by atoms with Crippen LogP contribution in [0.4, 0.5) is 17.6 Å². The first-order valence-corrected chi connectivity index (χ1v) is 4.91. The maximum Gasteiger partial charge on any atom is 0.418 e. The number of nitrogens with zero attached hydrogens (tertiary/aromatic N) is 1. The lowest BCUT2D eigenvalue weighted by Gasteiger charge is -2.06. The van der Waals surface area contributed by atoms with Gasteiger partial charge in [-0.3, -0.25) is 0 Å². The van der Waals surface area contributed by atoms with Gasteiger partial charge in [0, 0.05) is 0 Å². The monoisotopic (exact) mass is 255 g/mol. The molecule has 0 spiro atoms. The molecule has 0 aliphatic carbocycles. The van der Waals surface area contributed by atoms with E-state index in [1.54, 1.807) is 0 Å². The van der Waals surface area contributed by atoms with E-state index in [2.05, 4.69) is 4.98 Å². The van der Waals surface area contributed by atoms with Crippen LogP contribution in [-0.4, -0.2) is 4.98 Å². The normalized spacial score (nSPS) is 12.3. The van der Waals surface area contributed by atoms with Crippen molar-refractivity contribution in [3.63, 3.8) is 0 Å². The van der Waals surface area contributed by atoms with Crippen molar-refractivity contribution in [1.82, 2.24) is 4.98 Å². The highest BCUT2D eigenvalue weighted by Crippen LogP contribution is 2.38. The van der Waals surface area contributed by atoms with Gasteiger partial charge in [0.1, 0.15) is 5.82 Å². The summed E-state index contributed by atoms with van der Waals surface area (Å²) in [7, 11) is 0. The minimum Gasteiger partial charge on any atom is -0.224 e. The summed E-state index contributed by atoms with van der Waals surface area (Å²) < 4.78 is 50.2. The summed E-state index contributed by atoms with van der Waals surface area (Å²) in [6, 6.07) is 1.42. The van der Waals surface area contributed by atoms with E-state index >= 15 is 0 Å². The average Bonchev–Trinajstić information content (AvgIpc) is 2.45. The number of benzene rings is 1. The van der Waals surface area contributed by atoms with Crippen LogP contribution in [0.3, 0.4) is 0 Å². The van der Waals surface area contributed by atoms with E-state index in [4.69, 9.17) is 11.6 Å². The van der Waals surface area contributed by atoms with E-state index in [0.717, 1.165) is 6.07 Å². The van der Waals surface area contributed by atoms with Crippen molar-refractivity contribution in [3.8, 4) is 0 Å². The molecule has 0 N–H and O–H groups in total. The molecular formula is C8H2ClF4NS. The number of hydrogen-bond donors (Lipinski definition) is 0. The standard InChI is InChI=1S/C8H2ClF4NS/c9-7-14-5-3(8(11,12)13)1-2-4(10)6(5)15-7/h1-2H. The molecule has 0 aliphatic rings. The van der Waals surface area contributed by atoms with Crippen molar-refractivity contribution in [1.29, 1.82) is 0 Å². The summed E-state index contributed by atoms with van der Waals surface area (Å²) in [5, 5.41) is 0. The summed E-state index contributed by atoms with van der Waals surface area (Å²) in [6.07, 6.45) is -4.55. The van der Waals surface area contributed by atoms with Gasteiger partial charge in [-0.05, 0) is 12.1 Å². The molecule has 2 aromatic rings. The van der Waals surface area contributed by atoms with Crippen molar-refractivity contribution in [2.45, 2.75) is 6.18 Å². The molecule has 0 radical (unpaired) electrons. The van der Waals surface area contributed by atoms with E-state index in [9.17, 15) is 17.6 Å². The van der Waals surface area contributed by atoms with Gasteiger partial charge in [-0.15, -0.1) is 0 Å². The molecule has 0 atom stereocenters. The number of fused-ring (bicyclic) bond motifs is 1. The van der Waals surface area contributed by atoms with Crippen LogP contribution in [0.2, 0.25) is 4.47 Å². The fourth-order valence-corrected chi connectivity index (χ4v) is 2.22. The second-order valence-corrected chi connectivity index (χ2v) is 4.32. The van der Waals surface area contributed by atoms with Gasteiger partial charge in [0.15, 0.2) is 4.47 Å². The molecule has 15 heavy (non-hydrogen) atoms. The van der Waals surface area contributed by atoms with E-state index in [0.29, 0.717) is 17.4 Å². The zero-order valence-electron chi connectivity index (χ0n) is 6.90. The van der Waals surface area contributed by atoms with Gasteiger partial charge in [-0.2, -0.15) is 13.2 Å². The van der Waals surface area contributed by atoms with Crippen LogP contribution in [0, 0.1) is 5.82 Å². The smallest absolute Gasteiger partial charge is 0.224 e. The Labute approximate surface area is 90.3 Å². The number of halogens is 5. The van der Waals surface area contributed by atoms with Crippen molar-refractivity contribution in [2.24, 2.45) is 0 Å². The quantitative estimate of drug-likeness (QED) is 0.646. The van der Waals surface area contributed by atoms with Crippen molar-refractivity contribution < 1.29 is 17.6 Å². The number of aromatic nitrogens is 1. The molecule has 0 aliphatic heterocycles. The molecule has 0 bridgehead atoms. The second-order valence-electron chi connectivity index (χ2n) is 2.74. The van der Waals surface area contributed by atoms with Gasteiger partial charge >= 0.3 is 6.18 Å². The molecule has 1 aromatic carbocycles. The third-order valence-corrected chi connectivity index (χ3v) is 2.94. The Morgan fingerprint density at radius 2 is 1.93 bits per heavy atom. The van der Waals surface area contributed by atoms with Crippen LogP contribution in [0.15, 0.2) is 12.1 Å². The summed E-state index contributed by atoms with van der Waals surface area (Å²) >= 11 is 6.14. The van der Waals surface area contributed by atoms with Gasteiger partial charge in [0.05, 0.1) is 15.8 Å². The molecule has 7 heteroatoms. The largest absolute Gasteiger partial charge is 0.418 e. The number of alkyl halides is 3. The number of thiazole rings is 1. The Balaban J connectivity index is 2.83. The van der Waals surface area contributed by atoms with Crippen LogP contribution in [0.1, 0.15) is 5.56 Å². The Bertz CT molecular complexity index is 519. The lowest BCUT2D eigenvalue weighted by molar-refractivity contribution is -0.136. The minimum absolute atomic E-state index is 0.111. The van der Waals surface area contributed by atoms with Gasteiger partial charge < -0.3 is 0 Å². The van der Waals surface area contributed by atoms with Crippen LogP contribution >= 0.6 is 22.9 Å². The molecule has 2 rings (SSSR count). The lowest BCUT2D eigenvalue weighted by atomic mass is 10.2. The Morgan fingerprint density at radius 3 is 2.53 bits per heavy atom. The molecule has 1 nitrogen and oxygen atoms in total. The fraction of sp³-hybridized carbons (Fsp3) is 0.125. The Hall–Kier alpha value is -0.880. The van der Waals surface area contributed by atoms with E-state index in [-0.39, 0.29) is 9.17 Å². The number of rotatable bonds is 0. The van der Waals surface area contributed by atoms with Crippen LogP contribution < -0.4 is 0 Å². The Kier molecular flexibility index (Phi) is 2.35. The topological polar surface area (TPSA) is 12.9 Å². The highest BCUT2D eigenvalue weighted by molar-refractivity contribution is 7.22. The first-order chi connectivity index (χ1) is 6.89. The van der Waals surface area contributed by atoms with Crippen molar-refractivity contribution in [3.05, 3.63) is 28.0 Å². The first kappa shape index (κ1) is 10.6. The highest BCUT2D eigenvalue weighted by atomic mass is 35.5. The summed E-state index contributed by atoms with van der Waals surface area (Å²) in [5.41, 5.74) is -1.40. The van der Waals surface area contributed by atoms with E-state index < -0.39 is 23.1 Å². The Morgan fingerprint density at radius 1 is 1.27 bits per heavy atom. The highest BCUT2D eigenvalue weighted by Gasteiger charge is 2.34. The van der Waals surface area contributed by atoms with Crippen LogP contribution in [0.25, 0.3) is 10.2 Å². The SMILES string of the molecule is Fc1ccc(C(F)(F)F)c2nc(Cl)sc12. The van der Waals surface area contributed by atoms with Gasteiger partial charge in [-0.1, -0.05) is 22.9 Å². The molecule has 1 aromatic heterocycles. The fourth-order valence-electron chi connectivity index (χ4n) is 1.18. The third kappa shape index (κ3) is 1.79. The molecule has 0 unspecified atom stereocenters. The maximum atomic E-state index is 13.1. The van der Waals surface area contributed by atoms with Gasteiger partial charge in [-0.25, -0.2) is 9.37 Å². The minimum atomic E-state index is -4.55. The molecule has 0 amide bonds. The van der Waals surface area contributed by atoms with Crippen molar-refractivity contribution >= 4 is 33.2 Å². The van der Waals surface area contributed by atoms with Crippen LogP contribution in [-0.2, 0) is 6.18 Å². The maximum absolute atomic E-state index is 13.1. The van der Waals surface area contributed by atoms with Gasteiger partial charge in [0.2, 0.25) is 0 Å². The second kappa shape index (κ2) is 3.31. The molecular weight excluding hydrogens is 254 g/mol. The third-order valence-electron chi connectivity index (χ3n) is 1.77.